The molecule has 42 heavy (non-hydrogen) atoms. The van der Waals surface area contributed by atoms with Crippen LogP contribution in [0.3, 0.4) is 0 Å². The van der Waals surface area contributed by atoms with Crippen LogP contribution in [0, 0.1) is 0 Å². The van der Waals surface area contributed by atoms with Crippen molar-refractivity contribution in [1.82, 2.24) is 20.2 Å². The van der Waals surface area contributed by atoms with Crippen molar-refractivity contribution in [2.24, 2.45) is 0 Å². The lowest BCUT2D eigenvalue weighted by atomic mass is 10.0. The number of benzene rings is 1. The van der Waals surface area contributed by atoms with Crippen LogP contribution in [-0.4, -0.2) is 44.8 Å². The Morgan fingerprint density at radius 1 is 1.10 bits per heavy atom. The van der Waals surface area contributed by atoms with Gasteiger partial charge in [-0.2, -0.15) is 13.2 Å². The highest BCUT2D eigenvalue weighted by Gasteiger charge is 2.36. The lowest BCUT2D eigenvalue weighted by Gasteiger charge is -2.33. The summed E-state index contributed by atoms with van der Waals surface area (Å²) < 4.78 is 74.5. The Morgan fingerprint density at radius 3 is 2.50 bits per heavy atom. The first-order chi connectivity index (χ1) is 19.9. The number of aromatic nitrogens is 2. The Bertz CT molecular complexity index is 1640. The van der Waals surface area contributed by atoms with Crippen molar-refractivity contribution in [3.8, 4) is 11.3 Å². The van der Waals surface area contributed by atoms with E-state index in [4.69, 9.17) is 22.4 Å². The summed E-state index contributed by atoms with van der Waals surface area (Å²) in [5.74, 6) is -2.73. The third-order valence-electron chi connectivity index (χ3n) is 6.73. The van der Waals surface area contributed by atoms with Crippen LogP contribution in [0.25, 0.3) is 28.3 Å². The van der Waals surface area contributed by atoms with E-state index >= 15 is 0 Å². The van der Waals surface area contributed by atoms with Crippen molar-refractivity contribution in [3.05, 3.63) is 83.4 Å². The SMILES string of the molecule is Nc1ccc(/C=C/C(=O)NCc2cc3cc(-c4ccc(C(=S)N5CCC(F)(F)CC5)cn4)cc(C(F)(F)F)c3o2)cn1. The van der Waals surface area contributed by atoms with E-state index < -0.39 is 23.6 Å². The van der Waals surface area contributed by atoms with Gasteiger partial charge in [-0.05, 0) is 54.1 Å². The predicted molar refractivity (Wildman–Crippen MR) is 151 cm³/mol. The summed E-state index contributed by atoms with van der Waals surface area (Å²) in [5.41, 5.74) is 5.80. The number of rotatable bonds is 6. The minimum Gasteiger partial charge on any atom is -0.459 e. The van der Waals surface area contributed by atoms with E-state index in [-0.39, 0.29) is 60.5 Å². The predicted octanol–water partition coefficient (Wildman–Crippen LogP) is 6.23. The quantitative estimate of drug-likeness (QED) is 0.154. The van der Waals surface area contributed by atoms with Gasteiger partial charge in [0.1, 0.15) is 22.1 Å². The van der Waals surface area contributed by atoms with E-state index in [1.807, 2.05) is 0 Å². The molecule has 3 aromatic heterocycles. The molecular formula is C29H24F5N5O2S. The van der Waals surface area contributed by atoms with Crippen LogP contribution in [0.2, 0.25) is 0 Å². The number of anilines is 1. The number of thiocarbonyl (C=S) groups is 1. The average molecular weight is 602 g/mol. The molecule has 1 aliphatic heterocycles. The highest BCUT2D eigenvalue weighted by atomic mass is 32.1. The number of likely N-dealkylation sites (tertiary alicyclic amines) is 1. The van der Waals surface area contributed by atoms with Gasteiger partial charge in [-0.3, -0.25) is 9.78 Å². The number of hydrogen-bond donors (Lipinski definition) is 2. The molecule has 0 spiro atoms. The number of pyridine rings is 2. The molecule has 1 aromatic carbocycles. The molecule has 0 atom stereocenters. The number of nitrogen functional groups attached to an aromatic ring is 1. The van der Waals surface area contributed by atoms with E-state index in [0.29, 0.717) is 21.9 Å². The van der Waals surface area contributed by atoms with E-state index in [9.17, 15) is 26.7 Å². The second-order valence-corrected chi connectivity index (χ2v) is 10.2. The molecule has 0 radical (unpaired) electrons. The Labute approximate surface area is 242 Å². The maximum Gasteiger partial charge on any atom is 0.420 e. The van der Waals surface area contributed by atoms with Crippen LogP contribution < -0.4 is 11.1 Å². The number of carbonyl (C=O) groups excluding carboxylic acids is 1. The van der Waals surface area contributed by atoms with Gasteiger partial charge in [-0.1, -0.05) is 12.2 Å². The van der Waals surface area contributed by atoms with Gasteiger partial charge in [-0.15, -0.1) is 0 Å². The maximum absolute atomic E-state index is 14.0. The van der Waals surface area contributed by atoms with Gasteiger partial charge in [0.2, 0.25) is 5.91 Å². The highest BCUT2D eigenvalue weighted by molar-refractivity contribution is 7.80. The third-order valence-corrected chi connectivity index (χ3v) is 7.23. The van der Waals surface area contributed by atoms with Crippen LogP contribution in [0.4, 0.5) is 27.8 Å². The first-order valence-electron chi connectivity index (χ1n) is 12.8. The number of nitrogens with zero attached hydrogens (tertiary/aromatic N) is 3. The average Bonchev–Trinajstić information content (AvgIpc) is 3.37. The molecule has 0 aliphatic carbocycles. The summed E-state index contributed by atoms with van der Waals surface area (Å²) >= 11 is 5.44. The standard InChI is InChI=1S/C29H24F5N5O2S/c30-28(31)7-9-39(10-8-28)27(42)18-3-4-23(36-15-18)19-11-20-12-21(41-26(20)22(13-19)29(32,33)34)16-38-25(40)6-2-17-1-5-24(35)37-14-17/h1-6,11-15H,7-10,16H2,(H2,35,37)(H,38,40)/b6-2+. The number of amides is 1. The van der Waals surface area contributed by atoms with Gasteiger partial charge in [0, 0.05) is 60.9 Å². The van der Waals surface area contributed by atoms with Crippen molar-refractivity contribution >= 4 is 46.0 Å². The minimum absolute atomic E-state index is 0.110. The number of carbonyl (C=O) groups is 1. The summed E-state index contributed by atoms with van der Waals surface area (Å²) in [4.78, 5) is 22.5. The van der Waals surface area contributed by atoms with Crippen molar-refractivity contribution in [3.63, 3.8) is 0 Å². The molecule has 0 saturated carbocycles. The molecular weight excluding hydrogens is 577 g/mol. The molecule has 0 bridgehead atoms. The second kappa shape index (κ2) is 11.5. The Kier molecular flexibility index (Phi) is 7.95. The largest absolute Gasteiger partial charge is 0.459 e. The normalized spacial score (nSPS) is 15.3. The summed E-state index contributed by atoms with van der Waals surface area (Å²) in [6.45, 7) is 0.0783. The minimum atomic E-state index is -4.72. The van der Waals surface area contributed by atoms with Crippen LogP contribution >= 0.6 is 12.2 Å². The Balaban J connectivity index is 1.33. The highest BCUT2D eigenvalue weighted by Crippen LogP contribution is 2.39. The van der Waals surface area contributed by atoms with Crippen molar-refractivity contribution < 1.29 is 31.2 Å². The van der Waals surface area contributed by atoms with Gasteiger partial charge in [0.15, 0.2) is 0 Å². The Hall–Kier alpha value is -4.39. The molecule has 1 saturated heterocycles. The van der Waals surface area contributed by atoms with E-state index in [0.717, 1.165) is 6.07 Å². The number of nitrogens with two attached hydrogens (primary N) is 1. The molecule has 5 rings (SSSR count). The van der Waals surface area contributed by atoms with Crippen LogP contribution in [0.1, 0.15) is 35.3 Å². The smallest absolute Gasteiger partial charge is 0.420 e. The van der Waals surface area contributed by atoms with E-state index in [2.05, 4.69) is 15.3 Å². The first kappa shape index (κ1) is 29.1. The fourth-order valence-electron chi connectivity index (χ4n) is 4.48. The van der Waals surface area contributed by atoms with E-state index in [1.54, 1.807) is 23.1 Å². The molecule has 1 amide bonds. The monoisotopic (exact) mass is 601 g/mol. The van der Waals surface area contributed by atoms with Gasteiger partial charge in [-0.25, -0.2) is 13.8 Å². The molecule has 1 fully saturated rings. The number of fused-ring (bicyclic) bond motifs is 1. The zero-order valence-corrected chi connectivity index (χ0v) is 22.7. The molecule has 3 N–H and O–H groups in total. The molecule has 1 aliphatic rings. The Morgan fingerprint density at radius 2 is 1.86 bits per heavy atom. The second-order valence-electron chi connectivity index (χ2n) is 9.80. The fourth-order valence-corrected chi connectivity index (χ4v) is 4.79. The zero-order chi connectivity index (χ0) is 30.1. The lowest BCUT2D eigenvalue weighted by Crippen LogP contribution is -2.42. The number of furan rings is 1. The summed E-state index contributed by atoms with van der Waals surface area (Å²) in [6.07, 6.45) is 0.373. The number of halogens is 5. The topological polar surface area (TPSA) is 97.3 Å². The van der Waals surface area contributed by atoms with Gasteiger partial charge in [0.05, 0.1) is 17.8 Å². The van der Waals surface area contributed by atoms with Crippen molar-refractivity contribution in [2.75, 3.05) is 18.8 Å². The fraction of sp³-hybridized carbons (Fsp3) is 0.241. The first-order valence-corrected chi connectivity index (χ1v) is 13.2. The van der Waals surface area contributed by atoms with Crippen LogP contribution in [-0.2, 0) is 17.5 Å². The van der Waals surface area contributed by atoms with Crippen LogP contribution in [0.15, 0.2) is 65.4 Å². The van der Waals surface area contributed by atoms with Crippen molar-refractivity contribution in [1.29, 1.82) is 0 Å². The number of alkyl halides is 5. The summed E-state index contributed by atoms with van der Waals surface area (Å²) in [5, 5.41) is 2.76. The molecule has 7 nitrogen and oxygen atoms in total. The molecule has 13 heteroatoms. The van der Waals surface area contributed by atoms with Gasteiger partial charge in [0.25, 0.3) is 5.92 Å². The molecule has 218 valence electrons. The van der Waals surface area contributed by atoms with Gasteiger partial charge < -0.3 is 20.4 Å². The molecule has 4 heterocycles. The zero-order valence-electron chi connectivity index (χ0n) is 21.9. The van der Waals surface area contributed by atoms with E-state index in [1.165, 1.54) is 42.7 Å². The summed E-state index contributed by atoms with van der Waals surface area (Å²) in [7, 11) is 0. The molecule has 4 aromatic rings. The molecule has 0 unspecified atom stereocenters. The van der Waals surface area contributed by atoms with Crippen LogP contribution in [0.5, 0.6) is 0 Å². The number of piperidine rings is 1. The van der Waals surface area contributed by atoms with Crippen molar-refractivity contribution in [2.45, 2.75) is 31.5 Å². The maximum atomic E-state index is 14.0. The number of nitrogens with one attached hydrogen (secondary N) is 1. The lowest BCUT2D eigenvalue weighted by molar-refractivity contribution is -0.136. The third kappa shape index (κ3) is 6.73. The summed E-state index contributed by atoms with van der Waals surface area (Å²) in [6, 6.07) is 10.3. The number of hydrogen-bond acceptors (Lipinski definition) is 6. The van der Waals surface area contributed by atoms with Gasteiger partial charge >= 0.3 is 6.18 Å².